The number of anilines is 1. The molecule has 0 radical (unpaired) electrons. The first-order valence-corrected chi connectivity index (χ1v) is 10.1. The van der Waals surface area contributed by atoms with E-state index >= 15 is 0 Å². The summed E-state index contributed by atoms with van der Waals surface area (Å²) in [6.45, 7) is 0. The van der Waals surface area contributed by atoms with Crippen LogP contribution in [0.15, 0.2) is 81.9 Å². The lowest BCUT2D eigenvalue weighted by Crippen LogP contribution is -2.32. The standard InChI is InChI=1S/C22H12BrCl2FN2O/c23-15-4-1-13(2-5-15)21-27-20(11-14-3-6-16(24)12-19(14)25)22(29)28(21)18-9-7-17(26)8-10-18/h1-12H/b20-11+. The van der Waals surface area contributed by atoms with E-state index in [-0.39, 0.29) is 17.4 Å². The quantitative estimate of drug-likeness (QED) is 0.375. The summed E-state index contributed by atoms with van der Waals surface area (Å²) in [5.41, 5.74) is 2.11. The summed E-state index contributed by atoms with van der Waals surface area (Å²) < 4.78 is 14.3. The van der Waals surface area contributed by atoms with Crippen molar-refractivity contribution in [2.45, 2.75) is 0 Å². The lowest BCUT2D eigenvalue weighted by Gasteiger charge is -2.18. The van der Waals surface area contributed by atoms with Crippen LogP contribution < -0.4 is 4.90 Å². The number of carbonyl (C=O) groups is 1. The van der Waals surface area contributed by atoms with Crippen LogP contribution in [-0.4, -0.2) is 11.7 Å². The summed E-state index contributed by atoms with van der Waals surface area (Å²) in [6.07, 6.45) is 1.61. The molecule has 4 rings (SSSR count). The van der Waals surface area contributed by atoms with Crippen LogP contribution in [0, 0.1) is 5.82 Å². The third-order valence-corrected chi connectivity index (χ3v) is 5.39. The molecular weight excluding hydrogens is 478 g/mol. The Balaban J connectivity index is 1.83. The van der Waals surface area contributed by atoms with Crippen LogP contribution in [0.25, 0.3) is 6.08 Å². The number of benzene rings is 3. The van der Waals surface area contributed by atoms with Gasteiger partial charge in [0.15, 0.2) is 0 Å². The second-order valence-corrected chi connectivity index (χ2v) is 8.01. The number of halogens is 4. The Bertz CT molecular complexity index is 1160. The van der Waals surface area contributed by atoms with Crippen LogP contribution in [0.1, 0.15) is 11.1 Å². The molecule has 0 aromatic heterocycles. The van der Waals surface area contributed by atoms with Gasteiger partial charge in [-0.1, -0.05) is 57.3 Å². The van der Waals surface area contributed by atoms with Gasteiger partial charge < -0.3 is 0 Å². The van der Waals surface area contributed by atoms with Gasteiger partial charge in [0, 0.05) is 20.1 Å². The number of amides is 1. The first kappa shape index (κ1) is 19.8. The van der Waals surface area contributed by atoms with E-state index < -0.39 is 0 Å². The molecule has 0 atom stereocenters. The first-order chi connectivity index (χ1) is 13.9. The number of carbonyl (C=O) groups excluding carboxylic acids is 1. The molecule has 29 heavy (non-hydrogen) atoms. The molecular formula is C22H12BrCl2FN2O. The number of aliphatic imine (C=N–C) groups is 1. The van der Waals surface area contributed by atoms with E-state index in [1.807, 2.05) is 24.3 Å². The molecule has 0 N–H and O–H groups in total. The maximum Gasteiger partial charge on any atom is 0.282 e. The number of amidine groups is 1. The largest absolute Gasteiger partial charge is 0.282 e. The van der Waals surface area contributed by atoms with Gasteiger partial charge in [0.2, 0.25) is 0 Å². The van der Waals surface area contributed by atoms with Gasteiger partial charge in [-0.2, -0.15) is 0 Å². The second-order valence-electron chi connectivity index (χ2n) is 6.25. The maximum atomic E-state index is 13.4. The zero-order valence-corrected chi connectivity index (χ0v) is 17.8. The van der Waals surface area contributed by atoms with Crippen molar-refractivity contribution in [2.24, 2.45) is 4.99 Å². The molecule has 144 valence electrons. The molecule has 0 aliphatic carbocycles. The molecule has 3 nitrogen and oxygen atoms in total. The fourth-order valence-electron chi connectivity index (χ4n) is 2.90. The SMILES string of the molecule is O=C1/C(=C\c2ccc(Cl)cc2Cl)N=C(c2ccc(Br)cc2)N1c1ccc(F)cc1. The lowest BCUT2D eigenvalue weighted by atomic mass is 10.1. The predicted octanol–water partition coefficient (Wildman–Crippen LogP) is 6.73. The van der Waals surface area contributed by atoms with Gasteiger partial charge in [-0.15, -0.1) is 0 Å². The highest BCUT2D eigenvalue weighted by Crippen LogP contribution is 2.30. The Labute approximate surface area is 185 Å². The molecule has 0 unspecified atom stereocenters. The fourth-order valence-corrected chi connectivity index (χ4v) is 3.63. The molecule has 0 saturated heterocycles. The lowest BCUT2D eigenvalue weighted by molar-refractivity contribution is -0.113. The second kappa shape index (κ2) is 8.11. The van der Waals surface area contributed by atoms with Crippen molar-refractivity contribution in [3.05, 3.63) is 104 Å². The molecule has 1 aliphatic rings. The summed E-state index contributed by atoms with van der Waals surface area (Å²) in [4.78, 5) is 19.2. The number of hydrogen-bond acceptors (Lipinski definition) is 2. The van der Waals surface area contributed by atoms with Crippen LogP contribution in [-0.2, 0) is 4.79 Å². The minimum atomic E-state index is -0.383. The van der Waals surface area contributed by atoms with Crippen molar-refractivity contribution in [1.82, 2.24) is 0 Å². The van der Waals surface area contributed by atoms with E-state index in [1.165, 1.54) is 17.0 Å². The van der Waals surface area contributed by atoms with Crippen molar-refractivity contribution in [1.29, 1.82) is 0 Å². The summed E-state index contributed by atoms with van der Waals surface area (Å²) in [5.74, 6) is -0.266. The minimum absolute atomic E-state index is 0.219. The molecule has 0 saturated carbocycles. The monoisotopic (exact) mass is 488 g/mol. The highest BCUT2D eigenvalue weighted by molar-refractivity contribution is 9.10. The van der Waals surface area contributed by atoms with E-state index in [0.717, 1.165) is 10.0 Å². The molecule has 3 aromatic rings. The zero-order valence-electron chi connectivity index (χ0n) is 14.7. The molecule has 7 heteroatoms. The van der Waals surface area contributed by atoms with Crippen LogP contribution in [0.4, 0.5) is 10.1 Å². The topological polar surface area (TPSA) is 32.7 Å². The molecule has 0 bridgehead atoms. The van der Waals surface area contributed by atoms with Crippen LogP contribution in [0.3, 0.4) is 0 Å². The molecule has 0 fully saturated rings. The third-order valence-electron chi connectivity index (χ3n) is 4.30. The normalized spacial score (nSPS) is 15.2. The molecule has 1 heterocycles. The molecule has 3 aromatic carbocycles. The maximum absolute atomic E-state index is 13.4. The minimum Gasteiger partial charge on any atom is -0.266 e. The van der Waals surface area contributed by atoms with Gasteiger partial charge >= 0.3 is 0 Å². The van der Waals surface area contributed by atoms with E-state index in [9.17, 15) is 9.18 Å². The number of rotatable bonds is 3. The molecule has 1 amide bonds. The Morgan fingerprint density at radius 3 is 2.31 bits per heavy atom. The third kappa shape index (κ3) is 4.13. The van der Waals surface area contributed by atoms with Crippen LogP contribution in [0.2, 0.25) is 10.0 Å². The van der Waals surface area contributed by atoms with Crippen molar-refractivity contribution in [3.63, 3.8) is 0 Å². The highest BCUT2D eigenvalue weighted by Gasteiger charge is 2.32. The Hall–Kier alpha value is -2.47. The van der Waals surface area contributed by atoms with E-state index in [1.54, 1.807) is 36.4 Å². The molecule has 0 spiro atoms. The van der Waals surface area contributed by atoms with Gasteiger partial charge in [-0.05, 0) is 60.2 Å². The summed E-state index contributed by atoms with van der Waals surface area (Å²) in [6, 6.07) is 18.1. The smallest absolute Gasteiger partial charge is 0.266 e. The average molecular weight is 490 g/mol. The van der Waals surface area contributed by atoms with Crippen molar-refractivity contribution in [3.8, 4) is 0 Å². The van der Waals surface area contributed by atoms with Gasteiger partial charge in [0.1, 0.15) is 17.3 Å². The molecule has 1 aliphatic heterocycles. The predicted molar refractivity (Wildman–Crippen MR) is 119 cm³/mol. The Morgan fingerprint density at radius 1 is 0.966 bits per heavy atom. The van der Waals surface area contributed by atoms with Gasteiger partial charge in [0.05, 0.1) is 5.69 Å². The Morgan fingerprint density at radius 2 is 1.66 bits per heavy atom. The number of hydrogen-bond donors (Lipinski definition) is 0. The summed E-state index contributed by atoms with van der Waals surface area (Å²) in [7, 11) is 0. The van der Waals surface area contributed by atoms with E-state index in [2.05, 4.69) is 20.9 Å². The van der Waals surface area contributed by atoms with Gasteiger partial charge in [-0.25, -0.2) is 9.38 Å². The van der Waals surface area contributed by atoms with E-state index in [4.69, 9.17) is 23.2 Å². The Kier molecular flexibility index (Phi) is 5.54. The fraction of sp³-hybridized carbons (Fsp3) is 0. The highest BCUT2D eigenvalue weighted by atomic mass is 79.9. The number of nitrogens with zero attached hydrogens (tertiary/aromatic N) is 2. The van der Waals surface area contributed by atoms with Crippen LogP contribution in [0.5, 0.6) is 0 Å². The average Bonchev–Trinajstić information content (AvgIpc) is 3.01. The van der Waals surface area contributed by atoms with Gasteiger partial charge in [-0.3, -0.25) is 9.69 Å². The van der Waals surface area contributed by atoms with Gasteiger partial charge in [0.25, 0.3) is 5.91 Å². The summed E-state index contributed by atoms with van der Waals surface area (Å²) in [5, 5.41) is 0.917. The van der Waals surface area contributed by atoms with Crippen LogP contribution >= 0.6 is 39.1 Å². The van der Waals surface area contributed by atoms with Crippen molar-refractivity contribution < 1.29 is 9.18 Å². The van der Waals surface area contributed by atoms with E-state index in [0.29, 0.717) is 27.1 Å². The van der Waals surface area contributed by atoms with Crippen molar-refractivity contribution in [2.75, 3.05) is 4.90 Å². The summed E-state index contributed by atoms with van der Waals surface area (Å²) >= 11 is 15.6. The van der Waals surface area contributed by atoms with Crippen molar-refractivity contribution >= 4 is 62.6 Å². The first-order valence-electron chi connectivity index (χ1n) is 8.54. The zero-order chi connectivity index (χ0) is 20.5.